The lowest BCUT2D eigenvalue weighted by Crippen LogP contribution is -2.41. The first kappa shape index (κ1) is 20.4. The summed E-state index contributed by atoms with van der Waals surface area (Å²) in [5.41, 5.74) is 1.08. The second-order valence-electron chi connectivity index (χ2n) is 5.93. The van der Waals surface area contributed by atoms with Gasteiger partial charge in [-0.05, 0) is 32.0 Å². The number of para-hydroxylation sites is 3. The topological polar surface area (TPSA) is 64.1 Å². The van der Waals surface area contributed by atoms with Crippen LogP contribution in [0.3, 0.4) is 0 Å². The third kappa shape index (κ3) is 6.40. The summed E-state index contributed by atoms with van der Waals surface area (Å²) < 4.78 is 16.9. The van der Waals surface area contributed by atoms with Gasteiger partial charge in [-0.15, -0.1) is 0 Å². The number of methoxy groups -OCH3 is 1. The van der Waals surface area contributed by atoms with Gasteiger partial charge in [0.1, 0.15) is 11.9 Å². The van der Waals surface area contributed by atoms with Crippen molar-refractivity contribution in [2.45, 2.75) is 26.5 Å². The van der Waals surface area contributed by atoms with E-state index < -0.39 is 0 Å². The summed E-state index contributed by atoms with van der Waals surface area (Å²) in [6, 6.07) is 15.6. The van der Waals surface area contributed by atoms with Crippen LogP contribution < -0.4 is 24.8 Å². The van der Waals surface area contributed by atoms with Crippen molar-refractivity contribution in [2.75, 3.05) is 27.3 Å². The molecule has 0 amide bonds. The fraction of sp³-hybridized carbons (Fsp3) is 0.381. The van der Waals surface area contributed by atoms with Crippen LogP contribution in [0.25, 0.3) is 0 Å². The van der Waals surface area contributed by atoms with Gasteiger partial charge in [-0.1, -0.05) is 30.3 Å². The van der Waals surface area contributed by atoms with Crippen LogP contribution in [0.15, 0.2) is 53.5 Å². The van der Waals surface area contributed by atoms with E-state index >= 15 is 0 Å². The van der Waals surface area contributed by atoms with Crippen molar-refractivity contribution >= 4 is 5.96 Å². The van der Waals surface area contributed by atoms with Gasteiger partial charge in [0.15, 0.2) is 17.5 Å². The van der Waals surface area contributed by atoms with E-state index in [4.69, 9.17) is 14.2 Å². The minimum atomic E-state index is -0.0597. The number of aliphatic imine (C=N–C) groups is 1. The highest BCUT2D eigenvalue weighted by molar-refractivity contribution is 5.79. The summed E-state index contributed by atoms with van der Waals surface area (Å²) >= 11 is 0. The second kappa shape index (κ2) is 11.0. The van der Waals surface area contributed by atoms with Gasteiger partial charge in [0, 0.05) is 19.2 Å². The number of hydrogen-bond acceptors (Lipinski definition) is 4. The van der Waals surface area contributed by atoms with Gasteiger partial charge in [0.25, 0.3) is 0 Å². The van der Waals surface area contributed by atoms with Crippen molar-refractivity contribution in [3.63, 3.8) is 0 Å². The largest absolute Gasteiger partial charge is 0.494 e. The Labute approximate surface area is 161 Å². The Morgan fingerprint density at radius 3 is 2.33 bits per heavy atom. The molecule has 0 aliphatic rings. The number of benzene rings is 2. The van der Waals surface area contributed by atoms with Crippen LogP contribution in [0.4, 0.5) is 0 Å². The number of guanidine groups is 1. The zero-order chi connectivity index (χ0) is 19.5. The molecule has 0 aliphatic carbocycles. The highest BCUT2D eigenvalue weighted by Gasteiger charge is 2.10. The van der Waals surface area contributed by atoms with E-state index in [0.717, 1.165) is 22.8 Å². The predicted octanol–water partition coefficient (Wildman–Crippen LogP) is 3.23. The lowest BCUT2D eigenvalue weighted by atomic mass is 10.2. The van der Waals surface area contributed by atoms with Crippen LogP contribution in [0.2, 0.25) is 0 Å². The Bertz CT molecular complexity index is 734. The summed E-state index contributed by atoms with van der Waals surface area (Å²) in [5.74, 6) is 3.04. The van der Waals surface area contributed by atoms with Gasteiger partial charge in [-0.2, -0.15) is 0 Å². The van der Waals surface area contributed by atoms with Crippen molar-refractivity contribution in [2.24, 2.45) is 4.99 Å². The molecule has 2 aromatic rings. The van der Waals surface area contributed by atoms with Crippen LogP contribution in [0.5, 0.6) is 17.2 Å². The Morgan fingerprint density at radius 1 is 1.00 bits per heavy atom. The molecule has 2 aromatic carbocycles. The molecule has 1 unspecified atom stereocenters. The number of ether oxygens (including phenoxy) is 3. The van der Waals surface area contributed by atoms with E-state index in [9.17, 15) is 0 Å². The van der Waals surface area contributed by atoms with E-state index in [-0.39, 0.29) is 6.10 Å². The molecule has 0 saturated carbocycles. The van der Waals surface area contributed by atoms with Crippen molar-refractivity contribution in [3.8, 4) is 17.2 Å². The maximum absolute atomic E-state index is 5.95. The molecule has 0 saturated heterocycles. The maximum atomic E-state index is 5.95. The first-order valence-electron chi connectivity index (χ1n) is 9.12. The molecular formula is C21H29N3O3. The molecule has 6 nitrogen and oxygen atoms in total. The molecule has 1 atom stereocenters. The molecule has 6 heteroatoms. The second-order valence-corrected chi connectivity index (χ2v) is 5.93. The first-order valence-corrected chi connectivity index (χ1v) is 9.12. The Balaban J connectivity index is 1.85. The fourth-order valence-electron chi connectivity index (χ4n) is 2.56. The molecule has 27 heavy (non-hydrogen) atoms. The zero-order valence-electron chi connectivity index (χ0n) is 16.5. The van der Waals surface area contributed by atoms with Crippen molar-refractivity contribution in [1.82, 2.24) is 10.6 Å². The third-order valence-electron chi connectivity index (χ3n) is 3.90. The van der Waals surface area contributed by atoms with E-state index in [1.54, 1.807) is 14.2 Å². The Morgan fingerprint density at radius 2 is 1.67 bits per heavy atom. The van der Waals surface area contributed by atoms with Crippen LogP contribution in [-0.4, -0.2) is 39.4 Å². The van der Waals surface area contributed by atoms with E-state index in [0.29, 0.717) is 25.7 Å². The van der Waals surface area contributed by atoms with Crippen LogP contribution in [-0.2, 0) is 6.54 Å². The molecule has 0 fully saturated rings. The third-order valence-corrected chi connectivity index (χ3v) is 3.90. The average Bonchev–Trinajstić information content (AvgIpc) is 2.70. The number of hydrogen-bond donors (Lipinski definition) is 2. The SMILES string of the molecule is CCOc1ccccc1CNC(=NC)NCC(C)Oc1ccccc1OC. The average molecular weight is 371 g/mol. The van der Waals surface area contributed by atoms with Crippen molar-refractivity contribution in [1.29, 1.82) is 0 Å². The van der Waals surface area contributed by atoms with Gasteiger partial charge in [0.05, 0.1) is 20.3 Å². The molecule has 0 radical (unpaired) electrons. The molecule has 2 rings (SSSR count). The van der Waals surface area contributed by atoms with Gasteiger partial charge in [-0.25, -0.2) is 0 Å². The molecule has 0 aliphatic heterocycles. The number of nitrogens with one attached hydrogen (secondary N) is 2. The molecule has 2 N–H and O–H groups in total. The minimum Gasteiger partial charge on any atom is -0.494 e. The smallest absolute Gasteiger partial charge is 0.191 e. The van der Waals surface area contributed by atoms with Crippen LogP contribution in [0.1, 0.15) is 19.4 Å². The lowest BCUT2D eigenvalue weighted by molar-refractivity contribution is 0.213. The normalized spacial score (nSPS) is 12.2. The Hall–Kier alpha value is -2.89. The monoisotopic (exact) mass is 371 g/mol. The van der Waals surface area contributed by atoms with Gasteiger partial charge < -0.3 is 24.8 Å². The van der Waals surface area contributed by atoms with Crippen LogP contribution in [0, 0.1) is 0 Å². The number of rotatable bonds is 9. The van der Waals surface area contributed by atoms with Crippen molar-refractivity contribution < 1.29 is 14.2 Å². The molecule has 0 spiro atoms. The standard InChI is InChI=1S/C21H29N3O3/c1-5-26-18-11-7-6-10-17(18)15-24-21(22-3)23-14-16(2)27-20-13-9-8-12-19(20)25-4/h6-13,16H,5,14-15H2,1-4H3,(H2,22,23,24). The van der Waals surface area contributed by atoms with E-state index in [2.05, 4.69) is 15.6 Å². The lowest BCUT2D eigenvalue weighted by Gasteiger charge is -2.19. The molecule has 146 valence electrons. The fourth-order valence-corrected chi connectivity index (χ4v) is 2.56. The summed E-state index contributed by atoms with van der Waals surface area (Å²) in [6.07, 6.45) is -0.0597. The quantitative estimate of drug-likeness (QED) is 0.523. The summed E-state index contributed by atoms with van der Waals surface area (Å²) in [4.78, 5) is 4.26. The van der Waals surface area contributed by atoms with E-state index in [1.165, 1.54) is 0 Å². The molecule has 0 heterocycles. The summed E-state index contributed by atoms with van der Waals surface area (Å²) in [5, 5.41) is 6.59. The predicted molar refractivity (Wildman–Crippen MR) is 109 cm³/mol. The highest BCUT2D eigenvalue weighted by Crippen LogP contribution is 2.26. The van der Waals surface area contributed by atoms with E-state index in [1.807, 2.05) is 62.4 Å². The highest BCUT2D eigenvalue weighted by atomic mass is 16.5. The van der Waals surface area contributed by atoms with Crippen molar-refractivity contribution in [3.05, 3.63) is 54.1 Å². The molecule has 0 aromatic heterocycles. The Kier molecular flexibility index (Phi) is 8.29. The number of nitrogens with zero attached hydrogens (tertiary/aromatic N) is 1. The first-order chi connectivity index (χ1) is 13.2. The van der Waals surface area contributed by atoms with Gasteiger partial charge >= 0.3 is 0 Å². The van der Waals surface area contributed by atoms with Gasteiger partial charge in [-0.3, -0.25) is 4.99 Å². The summed E-state index contributed by atoms with van der Waals surface area (Å²) in [6.45, 7) is 5.84. The minimum absolute atomic E-state index is 0.0597. The molecule has 0 bridgehead atoms. The van der Waals surface area contributed by atoms with Gasteiger partial charge in [0.2, 0.25) is 0 Å². The molecular weight excluding hydrogens is 342 g/mol. The maximum Gasteiger partial charge on any atom is 0.191 e. The van der Waals surface area contributed by atoms with Crippen LogP contribution >= 0.6 is 0 Å². The summed E-state index contributed by atoms with van der Waals surface area (Å²) in [7, 11) is 3.38. The zero-order valence-corrected chi connectivity index (χ0v) is 16.5.